The zero-order valence-corrected chi connectivity index (χ0v) is 13.9. The van der Waals surface area contributed by atoms with Gasteiger partial charge in [-0.15, -0.1) is 11.8 Å². The third-order valence-electron chi connectivity index (χ3n) is 3.18. The van der Waals surface area contributed by atoms with E-state index in [-0.39, 0.29) is 0 Å². The number of hydrazone groups is 1. The number of hydrogen-bond donors (Lipinski definition) is 1. The lowest BCUT2D eigenvalue weighted by Gasteiger charge is -2.07. The molecule has 1 N–H and O–H groups in total. The van der Waals surface area contributed by atoms with Crippen LogP contribution in [0, 0.1) is 0 Å². The van der Waals surface area contributed by atoms with Crippen molar-refractivity contribution in [2.75, 3.05) is 12.9 Å². The maximum absolute atomic E-state index is 11.2. The van der Waals surface area contributed by atoms with Crippen LogP contribution < -0.4 is 5.43 Å². The molecule has 0 heterocycles. The lowest BCUT2D eigenvalue weighted by molar-refractivity contribution is 0.171. The first-order chi connectivity index (χ1) is 11.3. The van der Waals surface area contributed by atoms with E-state index in [4.69, 9.17) is 0 Å². The minimum absolute atomic E-state index is 0.549. The average Bonchev–Trinajstić information content (AvgIpc) is 2.62. The molecule has 0 aromatic heterocycles. The number of methoxy groups -OCH3 is 1. The molecular weight excluding hydrogens is 308 g/mol. The monoisotopic (exact) mass is 328 g/mol. The molecule has 2 aromatic rings. The number of aryl methyl sites for hydroxylation is 1. The van der Waals surface area contributed by atoms with E-state index < -0.39 is 6.09 Å². The van der Waals surface area contributed by atoms with Crippen LogP contribution in [-0.4, -0.2) is 24.7 Å². The fraction of sp³-hybridized carbons (Fsp3) is 0.222. The molecule has 4 nitrogen and oxygen atoms in total. The molecule has 0 bridgehead atoms. The number of thioether (sulfide) groups is 1. The molecular formula is C18H20N2O2S. The summed E-state index contributed by atoms with van der Waals surface area (Å²) >= 11 is 1.70. The molecule has 0 spiro atoms. The molecule has 0 saturated carbocycles. The summed E-state index contributed by atoms with van der Waals surface area (Å²) in [6, 6.07) is 20.4. The molecule has 120 valence electrons. The van der Waals surface area contributed by atoms with E-state index in [1.54, 1.807) is 11.8 Å². The normalized spacial score (nSPS) is 11.1. The van der Waals surface area contributed by atoms with E-state index in [1.165, 1.54) is 17.6 Å². The van der Waals surface area contributed by atoms with Gasteiger partial charge in [0, 0.05) is 16.4 Å². The molecule has 1 amide bonds. The molecule has 23 heavy (non-hydrogen) atoms. The van der Waals surface area contributed by atoms with E-state index in [0.29, 0.717) is 0 Å². The first-order valence-electron chi connectivity index (χ1n) is 7.39. The van der Waals surface area contributed by atoms with Gasteiger partial charge < -0.3 is 4.74 Å². The lowest BCUT2D eigenvalue weighted by atomic mass is 10.1. The van der Waals surface area contributed by atoms with Gasteiger partial charge in [-0.05, 0) is 30.5 Å². The standard InChI is InChI=1S/C18H20N2O2S/c1-22-18(21)20-19-16(13-12-15-8-4-2-5-9-15)14-23-17-10-6-3-7-11-17/h2-11H,12-14H2,1H3,(H,20,21)/b19-16+. The Kier molecular flexibility index (Phi) is 7.20. The average molecular weight is 328 g/mol. The summed E-state index contributed by atoms with van der Waals surface area (Å²) in [6.07, 6.45) is 1.12. The Morgan fingerprint density at radius 1 is 1.09 bits per heavy atom. The largest absolute Gasteiger partial charge is 0.452 e. The highest BCUT2D eigenvalue weighted by atomic mass is 32.2. The Morgan fingerprint density at radius 2 is 1.74 bits per heavy atom. The van der Waals surface area contributed by atoms with Gasteiger partial charge in [0.2, 0.25) is 0 Å². The van der Waals surface area contributed by atoms with Gasteiger partial charge in [0.05, 0.1) is 7.11 Å². The van der Waals surface area contributed by atoms with Crippen LogP contribution in [0.2, 0.25) is 0 Å². The first kappa shape index (κ1) is 17.1. The molecule has 0 atom stereocenters. The summed E-state index contributed by atoms with van der Waals surface area (Å²) in [7, 11) is 1.33. The summed E-state index contributed by atoms with van der Waals surface area (Å²) in [4.78, 5) is 12.4. The van der Waals surface area contributed by atoms with E-state index >= 15 is 0 Å². The van der Waals surface area contributed by atoms with Crippen molar-refractivity contribution in [2.24, 2.45) is 5.10 Å². The number of nitrogens with zero attached hydrogens (tertiary/aromatic N) is 1. The van der Waals surface area contributed by atoms with Crippen LogP contribution in [0.15, 0.2) is 70.7 Å². The van der Waals surface area contributed by atoms with Crippen molar-refractivity contribution in [3.8, 4) is 0 Å². The van der Waals surface area contributed by atoms with E-state index in [9.17, 15) is 4.79 Å². The molecule has 0 aliphatic rings. The van der Waals surface area contributed by atoms with Gasteiger partial charge in [0.25, 0.3) is 0 Å². The second-order valence-corrected chi connectivity index (χ2v) is 5.92. The number of carbonyl (C=O) groups excluding carboxylic acids is 1. The SMILES string of the molecule is COC(=O)N/N=C(\CCc1ccccc1)CSc1ccccc1. The highest BCUT2D eigenvalue weighted by Gasteiger charge is 2.05. The van der Waals surface area contributed by atoms with Crippen LogP contribution in [0.4, 0.5) is 4.79 Å². The summed E-state index contributed by atoms with van der Waals surface area (Å²) in [5, 5.41) is 4.20. The Hall–Kier alpha value is -2.27. The topological polar surface area (TPSA) is 50.7 Å². The second kappa shape index (κ2) is 9.69. The molecule has 0 fully saturated rings. The number of ether oxygens (including phenoxy) is 1. The van der Waals surface area contributed by atoms with Gasteiger partial charge in [-0.2, -0.15) is 5.10 Å². The fourth-order valence-electron chi connectivity index (χ4n) is 1.95. The van der Waals surface area contributed by atoms with Crippen LogP contribution in [0.1, 0.15) is 12.0 Å². The Bertz CT molecular complexity index is 584. The van der Waals surface area contributed by atoms with Gasteiger partial charge in [0.1, 0.15) is 0 Å². The van der Waals surface area contributed by atoms with Crippen LogP contribution in [-0.2, 0) is 11.2 Å². The van der Waals surface area contributed by atoms with Crippen molar-refractivity contribution < 1.29 is 9.53 Å². The molecule has 5 heteroatoms. The van der Waals surface area contributed by atoms with Crippen LogP contribution in [0.3, 0.4) is 0 Å². The summed E-state index contributed by atoms with van der Waals surface area (Å²) in [5.74, 6) is 0.723. The third-order valence-corrected chi connectivity index (χ3v) is 4.27. The van der Waals surface area contributed by atoms with Crippen molar-refractivity contribution in [3.05, 3.63) is 66.2 Å². The van der Waals surface area contributed by atoms with Crippen LogP contribution in [0.5, 0.6) is 0 Å². The maximum atomic E-state index is 11.2. The smallest absolute Gasteiger partial charge is 0.427 e. The van der Waals surface area contributed by atoms with Gasteiger partial charge in [-0.3, -0.25) is 0 Å². The first-order valence-corrected chi connectivity index (χ1v) is 8.37. The predicted molar refractivity (Wildman–Crippen MR) is 94.9 cm³/mol. The number of rotatable bonds is 7. The predicted octanol–water partition coefficient (Wildman–Crippen LogP) is 4.12. The Labute approximate surface area is 140 Å². The molecule has 0 aliphatic carbocycles. The van der Waals surface area contributed by atoms with Crippen molar-refractivity contribution in [1.29, 1.82) is 0 Å². The van der Waals surface area contributed by atoms with Crippen molar-refractivity contribution in [3.63, 3.8) is 0 Å². The van der Waals surface area contributed by atoms with Crippen LogP contribution >= 0.6 is 11.8 Å². The number of benzene rings is 2. The fourth-order valence-corrected chi connectivity index (χ4v) is 2.84. The van der Waals surface area contributed by atoms with E-state index in [2.05, 4.69) is 39.5 Å². The summed E-state index contributed by atoms with van der Waals surface area (Å²) in [6.45, 7) is 0. The van der Waals surface area contributed by atoms with Crippen molar-refractivity contribution in [2.45, 2.75) is 17.7 Å². The summed E-state index contributed by atoms with van der Waals surface area (Å²) < 4.78 is 4.56. The second-order valence-electron chi connectivity index (χ2n) is 4.87. The summed E-state index contributed by atoms with van der Waals surface area (Å²) in [5.41, 5.74) is 4.60. The van der Waals surface area contributed by atoms with E-state index in [1.807, 2.05) is 36.4 Å². The minimum Gasteiger partial charge on any atom is -0.452 e. The Morgan fingerprint density at radius 3 is 2.39 bits per heavy atom. The highest BCUT2D eigenvalue weighted by molar-refractivity contribution is 8.00. The molecule has 0 saturated heterocycles. The van der Waals surface area contributed by atoms with Gasteiger partial charge in [0.15, 0.2) is 0 Å². The molecule has 0 radical (unpaired) electrons. The quantitative estimate of drug-likeness (QED) is 0.472. The lowest BCUT2D eigenvalue weighted by Crippen LogP contribution is -2.20. The van der Waals surface area contributed by atoms with E-state index in [0.717, 1.165) is 24.3 Å². The van der Waals surface area contributed by atoms with Crippen molar-refractivity contribution in [1.82, 2.24) is 5.43 Å². The zero-order chi connectivity index (χ0) is 16.3. The molecule has 0 aliphatic heterocycles. The minimum atomic E-state index is -0.549. The van der Waals surface area contributed by atoms with Gasteiger partial charge in [-0.1, -0.05) is 48.5 Å². The molecule has 2 rings (SSSR count). The molecule has 0 unspecified atom stereocenters. The zero-order valence-electron chi connectivity index (χ0n) is 13.1. The van der Waals surface area contributed by atoms with Crippen LogP contribution in [0.25, 0.3) is 0 Å². The number of carbonyl (C=O) groups is 1. The number of nitrogens with one attached hydrogen (secondary N) is 1. The van der Waals surface area contributed by atoms with Crippen molar-refractivity contribution >= 4 is 23.6 Å². The third kappa shape index (κ3) is 6.57. The van der Waals surface area contributed by atoms with Gasteiger partial charge >= 0.3 is 6.09 Å². The number of hydrogen-bond acceptors (Lipinski definition) is 4. The highest BCUT2D eigenvalue weighted by Crippen LogP contribution is 2.18. The van der Waals surface area contributed by atoms with Gasteiger partial charge in [-0.25, -0.2) is 10.2 Å². The molecule has 2 aromatic carbocycles. The Balaban J connectivity index is 1.95. The maximum Gasteiger partial charge on any atom is 0.427 e. The number of amides is 1.